The van der Waals surface area contributed by atoms with Gasteiger partial charge in [-0.15, -0.1) is 58.2 Å². The highest BCUT2D eigenvalue weighted by Crippen LogP contribution is 2.74. The van der Waals surface area contributed by atoms with E-state index >= 15 is 0 Å². The van der Waals surface area contributed by atoms with Gasteiger partial charge in [0.25, 0.3) is 0 Å². The Morgan fingerprint density at radius 3 is 1.35 bits per heavy atom. The molecule has 9 heteroatoms. The van der Waals surface area contributed by atoms with E-state index in [4.69, 9.17) is 92.8 Å². The molecule has 0 heterocycles. The minimum Gasteiger partial charge on any atom is -0.136 e. The van der Waals surface area contributed by atoms with Crippen LogP contribution in [0, 0.1) is 0 Å². The van der Waals surface area contributed by atoms with Gasteiger partial charge in [0.1, 0.15) is 0 Å². The summed E-state index contributed by atoms with van der Waals surface area (Å²) in [6.07, 6.45) is 2.40. The molecular weight excluding hydrogens is 484 g/mol. The molecule has 128 valence electrons. The van der Waals surface area contributed by atoms with Crippen molar-refractivity contribution < 1.29 is 0 Å². The molecule has 0 aliphatic heterocycles. The van der Waals surface area contributed by atoms with Crippen LogP contribution in [-0.2, 0) is 0 Å². The number of halogens is 8. The van der Waals surface area contributed by atoms with Gasteiger partial charge in [0.05, 0.1) is 50.1 Å². The molecule has 0 aromatic carbocycles. The monoisotopic (exact) mass is 490 g/mol. The Kier molecular flexibility index (Phi) is 4.31. The second-order valence-electron chi connectivity index (χ2n) is 6.77. The number of hydrogen-bond acceptors (Lipinski definition) is 1. The fourth-order valence-electron chi connectivity index (χ4n) is 4.25. The second kappa shape index (κ2) is 5.36. The summed E-state index contributed by atoms with van der Waals surface area (Å²) in [4.78, 5) is -1.61. The van der Waals surface area contributed by atoms with Crippen LogP contribution in [0.5, 0.6) is 0 Å². The van der Waals surface area contributed by atoms with Crippen LogP contribution in [0.25, 0.3) is 0 Å². The van der Waals surface area contributed by atoms with Crippen molar-refractivity contribution in [2.45, 2.75) is 55.7 Å². The van der Waals surface area contributed by atoms with Gasteiger partial charge in [-0.05, 0) is 25.7 Å². The van der Waals surface area contributed by atoms with Crippen molar-refractivity contribution in [1.29, 1.82) is 0 Å². The van der Waals surface area contributed by atoms with Gasteiger partial charge in [0.2, 0.25) is 0 Å². The first kappa shape index (κ1) is 18.5. The lowest BCUT2D eigenvalue weighted by Crippen LogP contribution is -2.33. The van der Waals surface area contributed by atoms with Crippen LogP contribution in [-0.4, -0.2) is 30.0 Å². The minimum absolute atomic E-state index is 0.281. The van der Waals surface area contributed by atoms with E-state index in [0.717, 1.165) is 0 Å². The van der Waals surface area contributed by atoms with E-state index in [0.29, 0.717) is 45.8 Å². The number of alkyl halides is 4. The molecule has 0 aromatic rings. The van der Waals surface area contributed by atoms with Gasteiger partial charge in [-0.25, -0.2) is 0 Å². The van der Waals surface area contributed by atoms with E-state index in [-0.39, 0.29) is 10.8 Å². The van der Waals surface area contributed by atoms with E-state index < -0.39 is 19.2 Å². The van der Waals surface area contributed by atoms with Crippen LogP contribution in [0.15, 0.2) is 20.1 Å². The van der Waals surface area contributed by atoms with Crippen molar-refractivity contribution in [1.82, 2.24) is 0 Å². The summed E-state index contributed by atoms with van der Waals surface area (Å²) in [5.74, 6) is 0. The second-order valence-corrected chi connectivity index (χ2v) is 12.4. The lowest BCUT2D eigenvalue weighted by atomic mass is 10.1. The fraction of sp³-hybridized carbons (Fsp3) is 0.714. The summed E-state index contributed by atoms with van der Waals surface area (Å²) in [6, 6.07) is 0. The Bertz CT molecular complexity index is 620. The first-order chi connectivity index (χ1) is 10.5. The van der Waals surface area contributed by atoms with Crippen molar-refractivity contribution in [2.75, 3.05) is 0 Å². The molecule has 0 aromatic heterocycles. The smallest absolute Gasteiger partial charge is 0.0992 e. The van der Waals surface area contributed by atoms with Gasteiger partial charge in [-0.2, -0.15) is 0 Å². The molecule has 0 saturated heterocycles. The molecule has 23 heavy (non-hydrogen) atoms. The lowest BCUT2D eigenvalue weighted by Gasteiger charge is -2.37. The maximum atomic E-state index is 6.64. The molecule has 4 bridgehead atoms. The average Bonchev–Trinajstić information content (AvgIpc) is 3.01. The number of allylic oxidation sites excluding steroid dienone is 2. The predicted molar refractivity (Wildman–Crippen MR) is 105 cm³/mol. The largest absolute Gasteiger partial charge is 0.136 e. The average molecular weight is 494 g/mol. The van der Waals surface area contributed by atoms with Crippen LogP contribution in [0.4, 0.5) is 0 Å². The molecule has 2 saturated carbocycles. The molecule has 0 nitrogen and oxygen atoms in total. The molecule has 6 atom stereocenters. The van der Waals surface area contributed by atoms with E-state index in [1.54, 1.807) is 11.8 Å². The highest BCUT2D eigenvalue weighted by molar-refractivity contribution is 8.02. The molecular formula is C14H10Cl8S. The zero-order valence-electron chi connectivity index (χ0n) is 11.4. The van der Waals surface area contributed by atoms with E-state index in [2.05, 4.69) is 0 Å². The van der Waals surface area contributed by atoms with Crippen molar-refractivity contribution in [3.8, 4) is 0 Å². The minimum atomic E-state index is -0.806. The Balaban J connectivity index is 1.76. The molecule has 2 fully saturated rings. The van der Waals surface area contributed by atoms with Crippen molar-refractivity contribution in [3.63, 3.8) is 0 Å². The van der Waals surface area contributed by atoms with E-state index in [1.165, 1.54) is 0 Å². The number of rotatable bonds is 2. The standard InChI is InChI=1S/C14H10Cl8S/c15-5-1-11(3-13(5,21)9(19)7(11)17)23-12-2-6(16)14(22,4-12)10(20)8(12)18/h5-6H,1-4H2. The van der Waals surface area contributed by atoms with Gasteiger partial charge in [-0.3, -0.25) is 0 Å². The first-order valence-electron chi connectivity index (χ1n) is 6.99. The summed E-state index contributed by atoms with van der Waals surface area (Å²) in [5.41, 5.74) is 0. The van der Waals surface area contributed by atoms with Crippen LogP contribution in [0.3, 0.4) is 0 Å². The molecule has 4 rings (SSSR count). The Morgan fingerprint density at radius 2 is 1.04 bits per heavy atom. The Hall–Kier alpha value is 2.15. The van der Waals surface area contributed by atoms with E-state index in [9.17, 15) is 0 Å². The lowest BCUT2D eigenvalue weighted by molar-refractivity contribution is 0.692. The van der Waals surface area contributed by atoms with Crippen molar-refractivity contribution in [3.05, 3.63) is 20.1 Å². The summed E-state index contributed by atoms with van der Waals surface area (Å²) in [5, 5.41) is 1.45. The van der Waals surface area contributed by atoms with Crippen LogP contribution >= 0.6 is 105 Å². The van der Waals surface area contributed by atoms with Crippen LogP contribution in [0.1, 0.15) is 25.7 Å². The normalized spacial score (nSPS) is 54.8. The summed E-state index contributed by atoms with van der Waals surface area (Å²) in [6.45, 7) is 0. The van der Waals surface area contributed by atoms with E-state index in [1.807, 2.05) is 0 Å². The third kappa shape index (κ3) is 2.15. The van der Waals surface area contributed by atoms with Gasteiger partial charge < -0.3 is 0 Å². The maximum absolute atomic E-state index is 6.64. The first-order valence-corrected chi connectivity index (χ1v) is 11.0. The highest BCUT2D eigenvalue weighted by atomic mass is 35.5. The molecule has 0 radical (unpaired) electrons. The molecule has 4 aliphatic carbocycles. The number of hydrogen-bond donors (Lipinski definition) is 0. The predicted octanol–water partition coefficient (Wildman–Crippen LogP) is 7.36. The maximum Gasteiger partial charge on any atom is 0.0992 e. The SMILES string of the molecule is ClC1=C(Cl)C2(Cl)CC1(SC13CC(Cl)C(Cl)(C1)C(Cl)=C3Cl)CC2Cl. The summed E-state index contributed by atoms with van der Waals surface area (Å²) < 4.78 is -0.930. The molecule has 0 amide bonds. The number of thioether (sulfide) groups is 1. The molecule has 6 unspecified atom stereocenters. The zero-order valence-corrected chi connectivity index (χ0v) is 18.3. The topological polar surface area (TPSA) is 0 Å². The Labute approximate surface area is 179 Å². The molecule has 0 spiro atoms. The fourth-order valence-corrected chi connectivity index (χ4v) is 10.5. The third-order valence-corrected chi connectivity index (χ3v) is 12.4. The van der Waals surface area contributed by atoms with Gasteiger partial charge in [0, 0.05) is 0 Å². The molecule has 0 N–H and O–H groups in total. The third-order valence-electron chi connectivity index (χ3n) is 5.40. The number of fused-ring (bicyclic) bond motifs is 4. The quantitative estimate of drug-likeness (QED) is 0.362. The highest BCUT2D eigenvalue weighted by Gasteiger charge is 2.70. The Morgan fingerprint density at radius 1 is 0.696 bits per heavy atom. The van der Waals surface area contributed by atoms with Crippen LogP contribution in [0.2, 0.25) is 0 Å². The van der Waals surface area contributed by atoms with Gasteiger partial charge in [-0.1, -0.05) is 46.4 Å². The zero-order chi connectivity index (χ0) is 17.0. The van der Waals surface area contributed by atoms with Gasteiger partial charge >= 0.3 is 0 Å². The summed E-state index contributed by atoms with van der Waals surface area (Å²) >= 11 is 53.7. The van der Waals surface area contributed by atoms with Crippen molar-refractivity contribution >= 4 is 105 Å². The van der Waals surface area contributed by atoms with Gasteiger partial charge in [0.15, 0.2) is 0 Å². The summed E-state index contributed by atoms with van der Waals surface area (Å²) in [7, 11) is 0. The van der Waals surface area contributed by atoms with Crippen molar-refractivity contribution in [2.24, 2.45) is 0 Å². The molecule has 4 aliphatic rings. The van der Waals surface area contributed by atoms with Crippen LogP contribution < -0.4 is 0 Å².